The van der Waals surface area contributed by atoms with Crippen molar-refractivity contribution in [2.45, 2.75) is 452 Å². The highest BCUT2D eigenvalue weighted by Crippen LogP contribution is 2.44. The molecule has 0 aromatic carbocycles. The van der Waals surface area contributed by atoms with Crippen LogP contribution in [0.2, 0.25) is 0 Å². The molecule has 7 fully saturated rings. The molecule has 7 rings (SSSR count). The van der Waals surface area contributed by atoms with Crippen LogP contribution in [0.15, 0.2) is 12.2 Å². The number of carboxylic acid groups (broad SMARTS) is 2. The van der Waals surface area contributed by atoms with Crippen LogP contribution in [0.4, 0.5) is 0 Å². The summed E-state index contributed by atoms with van der Waals surface area (Å²) in [4.78, 5) is 94.0. The van der Waals surface area contributed by atoms with Gasteiger partial charge in [0.15, 0.2) is 31.5 Å². The van der Waals surface area contributed by atoms with Crippen LogP contribution in [0.5, 0.6) is 0 Å². The minimum absolute atomic E-state index is 0.0661. The zero-order valence-electron chi connectivity index (χ0n) is 80.0. The van der Waals surface area contributed by atoms with Gasteiger partial charge in [-0.2, -0.15) is 0 Å². The lowest BCUT2D eigenvalue weighted by atomic mass is 9.88. The average molecular weight is 2030 g/mol. The number of aliphatic hydroxyl groups excluding tert-OH is 22. The lowest BCUT2D eigenvalue weighted by molar-refractivity contribution is -0.408. The van der Waals surface area contributed by atoms with Gasteiger partial charge in [-0.25, -0.2) is 9.59 Å². The summed E-state index contributed by atoms with van der Waals surface area (Å²) in [6, 6.07) is -9.37. The molecule has 0 radical (unpaired) electrons. The van der Waals surface area contributed by atoms with E-state index in [1.807, 2.05) is 0 Å². The van der Waals surface area contributed by atoms with E-state index < -0.39 is 352 Å². The molecule has 0 saturated carbocycles. The molecule has 7 aliphatic heterocycles. The van der Waals surface area contributed by atoms with Gasteiger partial charge < -0.3 is 215 Å². The predicted molar refractivity (Wildman–Crippen MR) is 476 cm³/mol. The molecule has 7 aliphatic rings. The summed E-state index contributed by atoms with van der Waals surface area (Å²) in [5, 5.41) is 285. The standard InChI is InChI=1S/C90H157N5O45/c1-6-8-10-12-14-16-18-20-22-24-26-28-30-32-49(107)48(94-59(112)33-31-29-27-25-23-21-19-17-15-13-11-9-7-2)44-127-84-71(120)70(119)74(56(40-100)130-84)133-85-72(121)80(139-90(88(125)126)35-51(109)62(95-60(113)43-103)79(138-90)66(115)53(111)37-97)76(58(42-102)131-85)135-83-64(93-47(5)106)77(68(117)55(39-99)129-83)136-86-73(122)81(75(57(41-101)132-86)134-82-63(92-46(4)105)69(118)67(116)54(38-98)128-82)140-89(87(123)124)34-50(108)61(91-45(3)104)78(137-89)65(114)52(110)36-96/h30,32,48-58,61-86,96-103,107-111,114-122H,6-29,31,33-44H2,1-5H3,(H,91,104)(H,92,105)(H,93,106)(H,94,112)(H,95,113)(H,123,124)(H,125,126)/b32-30+/t48-,49+,50?,51?,52+,53+,54?,55?,56?,57?,58?,61+,62+,63?,64?,65+,66+,67-,68-,69+,70+,71?,72?,73?,74+,75-,76-,77+,78?,79?,80+,81+,82-,83-,84+,85-,86-,89-,90-/m0/s1. The number of nitrogens with one attached hydrogen (secondary N) is 5. The van der Waals surface area contributed by atoms with Crippen molar-refractivity contribution in [2.24, 2.45) is 0 Å². The Morgan fingerprint density at radius 1 is 0.379 bits per heavy atom. The van der Waals surface area contributed by atoms with Gasteiger partial charge in [0, 0.05) is 40.0 Å². The molecule has 7 saturated heterocycles. The average Bonchev–Trinajstić information content (AvgIpc) is 0.745. The Bertz CT molecular complexity index is 3660. The van der Waals surface area contributed by atoms with Crippen molar-refractivity contribution in [2.75, 3.05) is 59.5 Å². The monoisotopic (exact) mass is 2030 g/mol. The van der Waals surface area contributed by atoms with Crippen LogP contribution < -0.4 is 26.6 Å². The maximum absolute atomic E-state index is 14.2. The van der Waals surface area contributed by atoms with Crippen LogP contribution in [0.25, 0.3) is 0 Å². The Morgan fingerprint density at radius 3 is 1.16 bits per heavy atom. The first-order chi connectivity index (χ1) is 66.7. The molecule has 0 aliphatic carbocycles. The summed E-state index contributed by atoms with van der Waals surface area (Å²) < 4.78 is 85.7. The second-order valence-corrected chi connectivity index (χ2v) is 37.1. The van der Waals surface area contributed by atoms with Crippen molar-refractivity contribution < 1.29 is 222 Å². The first-order valence-electron chi connectivity index (χ1n) is 48.9. The largest absolute Gasteiger partial charge is 0.477 e. The molecule has 140 heavy (non-hydrogen) atoms. The topological polar surface area (TPSA) is 794 Å². The molecule has 14 unspecified atom stereocenters. The van der Waals surface area contributed by atoms with Crippen molar-refractivity contribution in [3.05, 3.63) is 12.2 Å². The maximum atomic E-state index is 14.2. The fraction of sp³-hybridized carbons (Fsp3) is 0.900. The normalized spacial score (nSPS) is 36.2. The van der Waals surface area contributed by atoms with Gasteiger partial charge in [-0.15, -0.1) is 0 Å². The Labute approximate surface area is 811 Å². The van der Waals surface area contributed by atoms with Crippen molar-refractivity contribution in [3.8, 4) is 0 Å². The second kappa shape index (κ2) is 60.8. The molecule has 29 N–H and O–H groups in total. The third-order valence-corrected chi connectivity index (χ3v) is 26.2. The minimum atomic E-state index is -3.63. The number of aliphatic hydroxyl groups is 22. The molecule has 0 aromatic heterocycles. The summed E-state index contributed by atoms with van der Waals surface area (Å²) in [7, 11) is 0. The van der Waals surface area contributed by atoms with E-state index in [-0.39, 0.29) is 6.42 Å². The number of rotatable bonds is 62. The van der Waals surface area contributed by atoms with Gasteiger partial charge in [-0.05, 0) is 19.3 Å². The zero-order valence-corrected chi connectivity index (χ0v) is 80.0. The number of carbonyl (C=O) groups is 7. The van der Waals surface area contributed by atoms with Crippen LogP contribution in [0.1, 0.15) is 214 Å². The lowest BCUT2D eigenvalue weighted by Gasteiger charge is -2.53. The van der Waals surface area contributed by atoms with Gasteiger partial charge in [0.25, 0.3) is 11.6 Å². The number of ether oxygens (including phenoxy) is 14. The van der Waals surface area contributed by atoms with Crippen molar-refractivity contribution in [3.63, 3.8) is 0 Å². The number of unbranched alkanes of at least 4 members (excludes halogenated alkanes) is 23. The van der Waals surface area contributed by atoms with Crippen LogP contribution in [-0.4, -0.2) is 462 Å². The molecule has 0 bridgehead atoms. The van der Waals surface area contributed by atoms with Crippen LogP contribution in [0.3, 0.4) is 0 Å². The van der Waals surface area contributed by atoms with Crippen molar-refractivity contribution in [1.82, 2.24) is 26.6 Å². The van der Waals surface area contributed by atoms with Gasteiger partial charge >= 0.3 is 11.9 Å². The van der Waals surface area contributed by atoms with E-state index in [0.29, 0.717) is 12.8 Å². The van der Waals surface area contributed by atoms with E-state index in [1.54, 1.807) is 6.08 Å². The fourth-order valence-corrected chi connectivity index (χ4v) is 18.4. The number of hydrogen-bond donors (Lipinski definition) is 29. The number of carbonyl (C=O) groups excluding carboxylic acids is 5. The van der Waals surface area contributed by atoms with E-state index in [9.17, 15) is 156 Å². The van der Waals surface area contributed by atoms with E-state index >= 15 is 0 Å². The van der Waals surface area contributed by atoms with Crippen molar-refractivity contribution >= 4 is 41.5 Å². The SMILES string of the molecule is CCCCCCCCCCCCC/C=C/[C@@H](O)[C@H](CO[C@@H]1OC(CO)[C@@H](O[C@@H]2OC(CO)[C@H](O[C@@H]3OC(CO)[C@H](O)[C@H](O[C@@H]4OC(CO)[C@H](O[C@@H]5OC(CO)[C@H](O)[C@H](O)C5NC(C)=O)[C@H](O[C@]5(C(=O)O)CC(O)[C@@H](NC(C)=O)C([C@H](O)[C@H](O)CO)O5)C4O)C3NC(C)=O)[C@H](O[C@]3(C(=O)O)CC(O)[C@@H](NC(=O)CO)C([C@H](O)[C@H](O)CO)O3)C2O)[C@H](O)C1O)NC(=O)CCCCCCCCCCCCCCC. The second-order valence-electron chi connectivity index (χ2n) is 37.1. The summed E-state index contributed by atoms with van der Waals surface area (Å²) in [6.45, 7) is -4.01. The Hall–Kier alpha value is -5.41. The van der Waals surface area contributed by atoms with E-state index in [4.69, 9.17) is 66.3 Å². The third kappa shape index (κ3) is 34.1. The summed E-state index contributed by atoms with van der Waals surface area (Å²) in [5.41, 5.74) is 0. The van der Waals surface area contributed by atoms with Gasteiger partial charge in [-0.3, -0.25) is 24.0 Å². The third-order valence-electron chi connectivity index (χ3n) is 26.2. The molecule has 812 valence electrons. The number of allylic oxidation sites excluding steroid dienone is 1. The highest BCUT2D eigenvalue weighted by molar-refractivity contribution is 5.79. The fourth-order valence-electron chi connectivity index (χ4n) is 18.4. The highest BCUT2D eigenvalue weighted by Gasteiger charge is 2.65. The van der Waals surface area contributed by atoms with Gasteiger partial charge in [-0.1, -0.05) is 167 Å². The van der Waals surface area contributed by atoms with E-state index in [0.717, 1.165) is 97.8 Å². The number of aliphatic carboxylic acids is 2. The summed E-state index contributed by atoms with van der Waals surface area (Å²) in [5.74, 6) is -16.6. The van der Waals surface area contributed by atoms with E-state index in [1.165, 1.54) is 76.7 Å². The molecule has 7 heterocycles. The number of carboxylic acids is 2. The van der Waals surface area contributed by atoms with Crippen molar-refractivity contribution in [1.29, 1.82) is 0 Å². The number of hydrogen-bond acceptors (Lipinski definition) is 43. The Balaban J connectivity index is 1.25. The molecule has 5 amide bonds. The summed E-state index contributed by atoms with van der Waals surface area (Å²) >= 11 is 0. The van der Waals surface area contributed by atoms with Crippen LogP contribution in [-0.2, 0) is 99.9 Å². The zero-order chi connectivity index (χ0) is 103. The Kier molecular flexibility index (Phi) is 52.7. The van der Waals surface area contributed by atoms with Gasteiger partial charge in [0.05, 0.1) is 89.3 Å². The highest BCUT2D eigenvalue weighted by atomic mass is 16.8. The molecule has 50 heteroatoms. The summed E-state index contributed by atoms with van der Waals surface area (Å²) in [6.07, 6.45) is -47.2. The van der Waals surface area contributed by atoms with Crippen LogP contribution >= 0.6 is 0 Å². The predicted octanol–water partition coefficient (Wildman–Crippen LogP) is -7.71. The molecular formula is C90H157N5O45. The first-order valence-corrected chi connectivity index (χ1v) is 48.9. The van der Waals surface area contributed by atoms with Gasteiger partial charge in [0.1, 0.15) is 165 Å². The first kappa shape index (κ1) is 122. The molecule has 39 atom stereocenters. The maximum Gasteiger partial charge on any atom is 0.364 e. The number of amides is 5. The molecule has 0 aromatic rings. The molecule has 50 nitrogen and oxygen atoms in total. The smallest absolute Gasteiger partial charge is 0.364 e. The minimum Gasteiger partial charge on any atom is -0.477 e. The van der Waals surface area contributed by atoms with Crippen LogP contribution in [0, 0.1) is 0 Å². The molecular weight excluding hydrogens is 1870 g/mol. The van der Waals surface area contributed by atoms with Gasteiger partial charge in [0.2, 0.25) is 29.5 Å². The Morgan fingerprint density at radius 2 is 0.743 bits per heavy atom. The molecule has 0 spiro atoms. The quantitative estimate of drug-likeness (QED) is 0.0199. The lowest BCUT2D eigenvalue weighted by Crippen LogP contribution is -2.73. The van der Waals surface area contributed by atoms with E-state index in [2.05, 4.69) is 40.4 Å².